The summed E-state index contributed by atoms with van der Waals surface area (Å²) in [5, 5.41) is 274. The average Bonchev–Trinajstić information content (AvgIpc) is 0.762. The van der Waals surface area contributed by atoms with Crippen LogP contribution in [-0.2, 0) is 90.2 Å². The normalized spacial score (nSPS) is 47.1. The first-order chi connectivity index (χ1) is 69.7. The molecule has 8 fully saturated rings. The Balaban J connectivity index is 1.02. The molecule has 149 heavy (non-hydrogen) atoms. The number of allylic oxidation sites excluding steroid dienone is 2. The zero-order valence-electron chi connectivity index (χ0n) is 89.4. The van der Waals surface area contributed by atoms with E-state index >= 15 is 0 Å². The smallest absolute Gasteiger partial charge is 0.311 e. The standard InChI is InChI=1S/C103H182N4O42/c1-44-24-20-22-28-67(115)49(6)70(118)35-64(114)37-73(142-99-89(128)87(126)85(124)76(43-108)144-99)51(8)74-40-71(119)96(131)103(133,149-74)41-75(45(2)30-32-63(113)34-61(111)27-23-29-68(116)50(7)97(132)141-72(44)36-62(112)26-21-19-25-46(3)81(120)47(4)31-33-69(117)48(5)52(9)134-79-42-102(18,105)95(130)58(15)137-79)143-101-94(148-98-88(127)86(125)80(104)53(10)138-98)93(146-78-39-66(107-60(17)110)83(122)55(12)136-78)91(57(14)140-101)147-100-90(129)92(84(123)56(13)139-100)145-77-38-65(106-59(16)109)82(121)54(11)135-77/h20,22-24,28-29,44-58,61-96,98-101,108,111-131,133H,19,21,25-27,30-43,104-105H2,1-18H3,(H,106,109)(H,107,110)/b24-20+,28-22+,29-23+/t44?,45?,46?,47?,48?,49?,50?,51?,52?,53-,54-,55-,56-,57-,58+,61?,62?,63?,64?,65-,66-,67?,68?,69?,70?,71?,72?,73?,74?,75?,76-,77+,78+,79-,80-,81?,82-,83-,84-,85-,86+,87+,88-,89-,90-,91-,92+,93+,94-,95-,96?,98+,99-,100+,101+,102+,103?/m1/s1. The summed E-state index contributed by atoms with van der Waals surface area (Å²) in [5.41, 5.74) is 11.8. The highest BCUT2D eigenvalue weighted by Gasteiger charge is 2.60. The van der Waals surface area contributed by atoms with Crippen LogP contribution in [-0.4, -0.2) is 441 Å². The zero-order chi connectivity index (χ0) is 111. The van der Waals surface area contributed by atoms with E-state index < -0.39 is 379 Å². The van der Waals surface area contributed by atoms with Crippen molar-refractivity contribution in [3.8, 4) is 0 Å². The van der Waals surface area contributed by atoms with E-state index in [-0.39, 0.29) is 75.5 Å². The summed E-state index contributed by atoms with van der Waals surface area (Å²) in [7, 11) is 0. The lowest BCUT2D eigenvalue weighted by Gasteiger charge is -2.52. The number of carbonyl (C=O) groups excluding carboxylic acids is 3. The van der Waals surface area contributed by atoms with Gasteiger partial charge < -0.3 is 215 Å². The number of aliphatic hydroxyl groups excluding tert-OH is 22. The Hall–Kier alpha value is -3.97. The predicted molar refractivity (Wildman–Crippen MR) is 527 cm³/mol. The molecule has 9 rings (SSSR count). The number of unbranched alkanes of at least 4 members (excludes halogenated alkanes) is 1. The number of amides is 2. The zero-order valence-corrected chi connectivity index (χ0v) is 89.4. The van der Waals surface area contributed by atoms with Gasteiger partial charge in [-0.2, -0.15) is 0 Å². The van der Waals surface area contributed by atoms with Gasteiger partial charge in [0.05, 0.1) is 159 Å². The van der Waals surface area contributed by atoms with Gasteiger partial charge in [0.2, 0.25) is 11.8 Å². The molecule has 0 spiro atoms. The highest BCUT2D eigenvalue weighted by atomic mass is 16.8. The van der Waals surface area contributed by atoms with Crippen molar-refractivity contribution in [2.45, 2.75) is 540 Å². The quantitative estimate of drug-likeness (QED) is 0.0191. The van der Waals surface area contributed by atoms with Crippen molar-refractivity contribution >= 4 is 17.8 Å². The SMILES string of the molecule is CC(=O)N[C@@H]1C[C@H](O[C@@H]2[C@@H](O)[C@H](O[C@H]3[C@H](O[C@H]4C[C@@H](NC(C)=O)[C@H](O)[C@@H](C)O4)[C@@H](O[C@@H]4O[C@H](C)[C@@H](N)[C@H](O)[C@H]4O)[C@H](OC4CC5(O)OC(CC(O)C5O)C(C)C(O[C@@H]5O[C@H](CO)[C@@H](O)[C@H](O)[C@H]5O)CC(O)CC(O)C(C)C(O)/C=C/C=C/C(C)C(CC(O)CCCCC(C)C(O)C(C)CCC(O)C(C)C(C)O[C@H]5C[C@](C)(N)[C@H](O)[C@H](C)O5)OC(=O)C(C)C(O)/C=C/CC(O)CC(O)CCC4C)O[C@@H]3C)O[C@H](C)[C@H]2O)O[C@H](C)[C@H]1O. The number of esters is 1. The first-order valence-corrected chi connectivity index (χ1v) is 53.5. The lowest BCUT2D eigenvalue weighted by molar-refractivity contribution is -0.405. The monoisotopic (exact) mass is 2150 g/mol. The molecule has 2 bridgehead atoms. The van der Waals surface area contributed by atoms with E-state index in [2.05, 4.69) is 10.6 Å². The molecule has 9 aliphatic heterocycles. The van der Waals surface area contributed by atoms with Crippen LogP contribution in [0, 0.1) is 47.3 Å². The molecule has 2 amide bonds. The van der Waals surface area contributed by atoms with Crippen molar-refractivity contribution in [1.29, 1.82) is 0 Å². The molecular formula is C103H182N4O42. The second-order valence-electron chi connectivity index (χ2n) is 44.6. The summed E-state index contributed by atoms with van der Waals surface area (Å²) in [6.07, 6.45) is -56.8. The Labute approximate surface area is 873 Å². The molecule has 0 aromatic heterocycles. The maximum atomic E-state index is 14.3. The van der Waals surface area contributed by atoms with Crippen molar-refractivity contribution in [3.05, 3.63) is 36.5 Å². The number of aliphatic hydroxyl groups is 23. The summed E-state index contributed by atoms with van der Waals surface area (Å²) in [5.74, 6) is -10.8. The van der Waals surface area contributed by atoms with Crippen LogP contribution in [0.3, 0.4) is 0 Å². The van der Waals surface area contributed by atoms with Crippen LogP contribution in [0.25, 0.3) is 0 Å². The molecule has 9 aliphatic rings. The van der Waals surface area contributed by atoms with Gasteiger partial charge in [0.25, 0.3) is 0 Å². The maximum absolute atomic E-state index is 14.3. The lowest BCUT2D eigenvalue weighted by atomic mass is 9.82. The minimum Gasteiger partial charge on any atom is -0.461 e. The second kappa shape index (κ2) is 58.2. The molecule has 29 N–H and O–H groups in total. The topological polar surface area (TPSA) is 740 Å². The van der Waals surface area contributed by atoms with Crippen molar-refractivity contribution in [2.24, 2.45) is 58.8 Å². The molecule has 9 heterocycles. The number of rotatable bonds is 31. The Bertz CT molecular complexity index is 4050. The maximum Gasteiger partial charge on any atom is 0.311 e. The van der Waals surface area contributed by atoms with Crippen molar-refractivity contribution in [3.63, 3.8) is 0 Å². The highest BCUT2D eigenvalue weighted by Crippen LogP contribution is 2.45. The Morgan fingerprint density at radius 2 is 1.03 bits per heavy atom. The number of nitrogens with two attached hydrogens (primary N) is 2. The van der Waals surface area contributed by atoms with E-state index in [1.54, 1.807) is 39.8 Å². The fraction of sp³-hybridized carbons (Fsp3) is 0.913. The van der Waals surface area contributed by atoms with Crippen LogP contribution in [0.4, 0.5) is 0 Å². The van der Waals surface area contributed by atoms with Crippen LogP contribution >= 0.6 is 0 Å². The van der Waals surface area contributed by atoms with Gasteiger partial charge in [-0.1, -0.05) is 97.8 Å². The molecule has 0 aromatic carbocycles. The van der Waals surface area contributed by atoms with Crippen LogP contribution in [0.15, 0.2) is 36.5 Å². The first kappa shape index (κ1) is 128. The third kappa shape index (κ3) is 35.3. The Kier molecular flexibility index (Phi) is 50.2. The van der Waals surface area contributed by atoms with Gasteiger partial charge in [0.1, 0.15) is 97.7 Å². The summed E-state index contributed by atoms with van der Waals surface area (Å²) in [6, 6.07) is -3.24. The minimum absolute atomic E-state index is 0.0765. The number of fused-ring (bicyclic) bond motifs is 2. The minimum atomic E-state index is -3.01. The number of nitrogens with one attached hydrogen (secondary N) is 2. The summed E-state index contributed by atoms with van der Waals surface area (Å²) >= 11 is 0. The number of cyclic esters (lactones) is 1. The number of ether oxygens (including phenoxy) is 16. The fourth-order valence-electron chi connectivity index (χ4n) is 21.4. The molecule has 46 nitrogen and oxygen atoms in total. The van der Waals surface area contributed by atoms with E-state index in [1.165, 1.54) is 93.5 Å². The van der Waals surface area contributed by atoms with Gasteiger partial charge in [-0.25, -0.2) is 0 Å². The van der Waals surface area contributed by atoms with E-state index in [1.807, 2.05) is 27.7 Å². The molecule has 8 saturated heterocycles. The van der Waals surface area contributed by atoms with Crippen LogP contribution in [0.2, 0.25) is 0 Å². The molecule has 0 aliphatic carbocycles. The van der Waals surface area contributed by atoms with E-state index in [0.29, 0.717) is 32.1 Å². The average molecular weight is 2150 g/mol. The fourth-order valence-corrected chi connectivity index (χ4v) is 21.4. The predicted octanol–water partition coefficient (Wildman–Crippen LogP) is -2.69. The highest BCUT2D eigenvalue weighted by molar-refractivity contribution is 5.74. The number of carbonyl (C=O) groups is 3. The number of hydrogen-bond donors (Lipinski definition) is 27. The Morgan fingerprint density at radius 3 is 1.65 bits per heavy atom. The molecule has 25 unspecified atom stereocenters. The molecular weight excluding hydrogens is 1970 g/mol. The first-order valence-electron chi connectivity index (χ1n) is 53.5. The van der Waals surface area contributed by atoms with Gasteiger partial charge in [-0.3, -0.25) is 14.4 Å². The van der Waals surface area contributed by atoms with Crippen LogP contribution in [0.5, 0.6) is 0 Å². The number of hydrogen-bond acceptors (Lipinski definition) is 44. The summed E-state index contributed by atoms with van der Waals surface area (Å²) in [4.78, 5) is 39.5. The molecule has 46 heteroatoms. The van der Waals surface area contributed by atoms with Gasteiger partial charge in [-0.05, 0) is 138 Å². The third-order valence-corrected chi connectivity index (χ3v) is 32.1. The van der Waals surface area contributed by atoms with E-state index in [9.17, 15) is 132 Å². The molecule has 0 saturated carbocycles. The molecule has 0 aromatic rings. The van der Waals surface area contributed by atoms with Crippen molar-refractivity contribution in [1.82, 2.24) is 10.6 Å². The van der Waals surface area contributed by atoms with Gasteiger partial charge in [0, 0.05) is 88.0 Å². The largest absolute Gasteiger partial charge is 0.461 e. The summed E-state index contributed by atoms with van der Waals surface area (Å²) in [6.45, 7) is 27.7. The molecule has 57 atom stereocenters. The van der Waals surface area contributed by atoms with E-state index in [0.717, 1.165) is 0 Å². The van der Waals surface area contributed by atoms with E-state index in [4.69, 9.17) is 87.3 Å². The van der Waals surface area contributed by atoms with Gasteiger partial charge in [-0.15, -0.1) is 0 Å². The Morgan fingerprint density at radius 1 is 0.483 bits per heavy atom. The third-order valence-electron chi connectivity index (χ3n) is 32.1. The van der Waals surface area contributed by atoms with Gasteiger partial charge in [0.15, 0.2) is 49.8 Å². The van der Waals surface area contributed by atoms with Crippen LogP contribution < -0.4 is 22.1 Å². The van der Waals surface area contributed by atoms with Crippen molar-refractivity contribution < 1.29 is 208 Å². The van der Waals surface area contributed by atoms with Crippen LogP contribution in [0.1, 0.15) is 240 Å². The second-order valence-corrected chi connectivity index (χ2v) is 44.6. The molecule has 866 valence electrons. The summed E-state index contributed by atoms with van der Waals surface area (Å²) < 4.78 is 103. The van der Waals surface area contributed by atoms with Crippen molar-refractivity contribution in [2.75, 3.05) is 6.61 Å². The van der Waals surface area contributed by atoms with Gasteiger partial charge >= 0.3 is 5.97 Å². The molecule has 0 radical (unpaired) electrons. The lowest BCUT2D eigenvalue weighted by Crippen LogP contribution is -2.68.